The van der Waals surface area contributed by atoms with Crippen LogP contribution in [0.15, 0.2) is 0 Å². The van der Waals surface area contributed by atoms with E-state index in [1.807, 2.05) is 0 Å². The molecule has 1 rings (SSSR count). The Bertz CT molecular complexity index is 239. The number of ether oxygens (including phenoxy) is 1. The van der Waals surface area contributed by atoms with Crippen LogP contribution in [0.2, 0.25) is 0 Å². The number of nitrogens with zero attached hydrogens (tertiary/aromatic N) is 1. The first-order chi connectivity index (χ1) is 8.72. The van der Waals surface area contributed by atoms with E-state index in [9.17, 15) is 0 Å². The van der Waals surface area contributed by atoms with Crippen molar-refractivity contribution in [2.45, 2.75) is 39.2 Å². The molecular weight excluding hydrogens is 224 g/mol. The molecule has 18 heavy (non-hydrogen) atoms. The van der Waals surface area contributed by atoms with Crippen molar-refractivity contribution in [2.75, 3.05) is 39.4 Å². The molecule has 1 saturated heterocycles. The molecule has 1 N–H and O–H groups in total. The van der Waals surface area contributed by atoms with E-state index in [1.54, 1.807) is 0 Å². The summed E-state index contributed by atoms with van der Waals surface area (Å²) in [5.74, 6) is 3.45. The normalized spacial score (nSPS) is 18.1. The maximum absolute atomic E-state index is 5.60. The average Bonchev–Trinajstić information content (AvgIpc) is 2.35. The van der Waals surface area contributed by atoms with Crippen molar-refractivity contribution in [1.82, 2.24) is 10.2 Å². The molecule has 104 valence electrons. The molecule has 0 spiro atoms. The van der Waals surface area contributed by atoms with Gasteiger partial charge in [0.25, 0.3) is 0 Å². The summed E-state index contributed by atoms with van der Waals surface area (Å²) >= 11 is 0. The van der Waals surface area contributed by atoms with E-state index in [-0.39, 0.29) is 0 Å². The Morgan fingerprint density at radius 3 is 2.67 bits per heavy atom. The van der Waals surface area contributed by atoms with Gasteiger partial charge in [-0.05, 0) is 25.2 Å². The van der Waals surface area contributed by atoms with E-state index in [0.29, 0.717) is 6.04 Å². The second kappa shape index (κ2) is 9.38. The highest BCUT2D eigenvalue weighted by Crippen LogP contribution is 2.09. The summed E-state index contributed by atoms with van der Waals surface area (Å²) in [7, 11) is 0. The zero-order valence-corrected chi connectivity index (χ0v) is 12.0. The third kappa shape index (κ3) is 7.00. The van der Waals surface area contributed by atoms with Gasteiger partial charge in [-0.3, -0.25) is 4.90 Å². The minimum atomic E-state index is 0.646. The van der Waals surface area contributed by atoms with Gasteiger partial charge < -0.3 is 10.1 Å². The lowest BCUT2D eigenvalue weighted by molar-refractivity contribution is 0.119. The van der Waals surface area contributed by atoms with Gasteiger partial charge in [-0.1, -0.05) is 19.8 Å². The Balaban J connectivity index is 1.93. The first-order valence-corrected chi connectivity index (χ1v) is 7.19. The molecule has 3 nitrogen and oxygen atoms in total. The lowest BCUT2D eigenvalue weighted by Gasteiger charge is -2.31. The lowest BCUT2D eigenvalue weighted by Crippen LogP contribution is -2.43. The van der Waals surface area contributed by atoms with Crippen molar-refractivity contribution in [3.63, 3.8) is 0 Å². The highest BCUT2D eigenvalue weighted by Gasteiger charge is 2.17. The van der Waals surface area contributed by atoms with Gasteiger partial charge in [-0.2, -0.15) is 0 Å². The van der Waals surface area contributed by atoms with Crippen molar-refractivity contribution < 1.29 is 4.74 Å². The first-order valence-electron chi connectivity index (χ1n) is 7.19. The summed E-state index contributed by atoms with van der Waals surface area (Å²) in [5.41, 5.74) is 0. The van der Waals surface area contributed by atoms with Crippen molar-refractivity contribution in [2.24, 2.45) is 5.92 Å². The maximum Gasteiger partial charge on any atom is 0.0598 e. The van der Waals surface area contributed by atoms with Gasteiger partial charge in [0.2, 0.25) is 0 Å². The van der Waals surface area contributed by atoms with E-state index < -0.39 is 0 Å². The largest absolute Gasteiger partial charge is 0.380 e. The lowest BCUT2D eigenvalue weighted by atomic mass is 10.1. The van der Waals surface area contributed by atoms with Crippen LogP contribution in [-0.2, 0) is 4.74 Å². The number of piperidine rings is 1. The maximum atomic E-state index is 5.60. The topological polar surface area (TPSA) is 24.5 Å². The van der Waals surface area contributed by atoms with Gasteiger partial charge in [-0.15, -0.1) is 6.42 Å². The molecule has 0 atom stereocenters. The molecule has 0 aromatic carbocycles. The third-order valence-corrected chi connectivity index (χ3v) is 3.42. The molecule has 1 fully saturated rings. The number of hydrogen-bond donors (Lipinski definition) is 1. The van der Waals surface area contributed by atoms with Gasteiger partial charge >= 0.3 is 0 Å². The number of likely N-dealkylation sites (tertiary alicyclic amines) is 1. The second-order valence-corrected chi connectivity index (χ2v) is 5.50. The van der Waals surface area contributed by atoms with Crippen molar-refractivity contribution in [3.05, 3.63) is 0 Å². The monoisotopic (exact) mass is 252 g/mol. The Morgan fingerprint density at radius 1 is 1.33 bits per heavy atom. The fourth-order valence-corrected chi connectivity index (χ4v) is 2.18. The molecule has 0 saturated carbocycles. The van der Waals surface area contributed by atoms with Crippen molar-refractivity contribution in [3.8, 4) is 12.3 Å². The molecule has 0 radical (unpaired) electrons. The molecule has 3 heteroatoms. The van der Waals surface area contributed by atoms with Gasteiger partial charge in [-0.25, -0.2) is 0 Å². The Hall–Kier alpha value is -0.560. The standard InChI is InChI=1S/C15H28N2O/c1-4-9-17-10-5-15(6-11-17)16-8-13-18-12-7-14(2)3/h1,14-16H,5-13H2,2-3H3. The molecule has 0 amide bonds. The molecule has 0 unspecified atom stereocenters. The predicted molar refractivity (Wildman–Crippen MR) is 76.6 cm³/mol. The summed E-state index contributed by atoms with van der Waals surface area (Å²) in [6.45, 7) is 10.2. The molecular formula is C15H28N2O. The number of nitrogens with one attached hydrogen (secondary N) is 1. The second-order valence-electron chi connectivity index (χ2n) is 5.50. The summed E-state index contributed by atoms with van der Waals surface area (Å²) in [6.07, 6.45) is 8.88. The highest BCUT2D eigenvalue weighted by atomic mass is 16.5. The minimum Gasteiger partial charge on any atom is -0.380 e. The van der Waals surface area contributed by atoms with Crippen LogP contribution in [0.5, 0.6) is 0 Å². The molecule has 1 heterocycles. The summed E-state index contributed by atoms with van der Waals surface area (Å²) in [6, 6.07) is 0.646. The van der Waals surface area contributed by atoms with E-state index >= 15 is 0 Å². The number of rotatable bonds is 8. The Kier molecular flexibility index (Phi) is 8.08. The first kappa shape index (κ1) is 15.5. The minimum absolute atomic E-state index is 0.646. The van der Waals surface area contributed by atoms with Crippen molar-refractivity contribution in [1.29, 1.82) is 0 Å². The van der Waals surface area contributed by atoms with Crippen LogP contribution in [-0.4, -0.2) is 50.3 Å². The smallest absolute Gasteiger partial charge is 0.0598 e. The molecule has 0 aliphatic carbocycles. The fourth-order valence-electron chi connectivity index (χ4n) is 2.18. The van der Waals surface area contributed by atoms with Crippen LogP contribution in [0.25, 0.3) is 0 Å². The van der Waals surface area contributed by atoms with Crippen molar-refractivity contribution >= 4 is 0 Å². The molecule has 0 aromatic heterocycles. The third-order valence-electron chi connectivity index (χ3n) is 3.42. The average molecular weight is 252 g/mol. The van der Waals surface area contributed by atoms with Crippen LogP contribution in [0.1, 0.15) is 33.1 Å². The van der Waals surface area contributed by atoms with Gasteiger partial charge in [0.15, 0.2) is 0 Å². The number of terminal acetylenes is 1. The van der Waals surface area contributed by atoms with Gasteiger partial charge in [0, 0.05) is 32.3 Å². The zero-order chi connectivity index (χ0) is 13.2. The summed E-state index contributed by atoms with van der Waals surface area (Å²) < 4.78 is 5.60. The molecule has 0 aromatic rings. The summed E-state index contributed by atoms with van der Waals surface area (Å²) in [4.78, 5) is 2.34. The van der Waals surface area contributed by atoms with E-state index in [0.717, 1.165) is 51.7 Å². The molecule has 1 aliphatic rings. The van der Waals surface area contributed by atoms with Crippen LogP contribution >= 0.6 is 0 Å². The highest BCUT2D eigenvalue weighted by molar-refractivity contribution is 4.90. The van der Waals surface area contributed by atoms with E-state index in [2.05, 4.69) is 30.0 Å². The van der Waals surface area contributed by atoms with Crippen LogP contribution in [0, 0.1) is 18.3 Å². The fraction of sp³-hybridized carbons (Fsp3) is 0.867. The number of hydrogen-bond acceptors (Lipinski definition) is 3. The molecule has 0 bridgehead atoms. The van der Waals surface area contributed by atoms with Crippen LogP contribution in [0.3, 0.4) is 0 Å². The van der Waals surface area contributed by atoms with Gasteiger partial charge in [0.1, 0.15) is 0 Å². The molecule has 1 aliphatic heterocycles. The zero-order valence-electron chi connectivity index (χ0n) is 12.0. The van der Waals surface area contributed by atoms with Crippen LogP contribution < -0.4 is 5.32 Å². The quantitative estimate of drug-likeness (QED) is 0.526. The SMILES string of the molecule is C#CCN1CCC(NCCOCCC(C)C)CC1. The van der Waals surface area contributed by atoms with E-state index in [4.69, 9.17) is 11.2 Å². The van der Waals surface area contributed by atoms with Gasteiger partial charge in [0.05, 0.1) is 13.2 Å². The Morgan fingerprint density at radius 2 is 2.06 bits per heavy atom. The summed E-state index contributed by atoms with van der Waals surface area (Å²) in [5, 5.41) is 3.57. The van der Waals surface area contributed by atoms with E-state index in [1.165, 1.54) is 12.8 Å². The predicted octanol–water partition coefficient (Wildman–Crippen LogP) is 1.74. The Labute approximate surface area is 112 Å². The van der Waals surface area contributed by atoms with Crippen LogP contribution in [0.4, 0.5) is 0 Å².